The van der Waals surface area contributed by atoms with Gasteiger partial charge in [-0.1, -0.05) is 15.9 Å². The molecule has 1 aromatic heterocycles. The van der Waals surface area contributed by atoms with Crippen molar-refractivity contribution in [3.8, 4) is 5.75 Å². The van der Waals surface area contributed by atoms with Gasteiger partial charge in [0.05, 0.1) is 19.3 Å². The summed E-state index contributed by atoms with van der Waals surface area (Å²) in [6.45, 7) is 1.51. The standard InChI is InChI=1S/C13H16BrN3O/c1-15-8-11-5-6-17(16-11)9-10-7-12(18-2)3-4-13(10)14/h3-7,15H,8-9H2,1-2H3. The summed E-state index contributed by atoms with van der Waals surface area (Å²) in [5.74, 6) is 0.857. The number of benzene rings is 1. The largest absolute Gasteiger partial charge is 0.497 e. The van der Waals surface area contributed by atoms with Gasteiger partial charge in [-0.15, -0.1) is 0 Å². The van der Waals surface area contributed by atoms with Gasteiger partial charge in [0.15, 0.2) is 0 Å². The molecular formula is C13H16BrN3O. The van der Waals surface area contributed by atoms with E-state index in [1.165, 1.54) is 0 Å². The van der Waals surface area contributed by atoms with Crippen molar-refractivity contribution in [3.63, 3.8) is 0 Å². The maximum Gasteiger partial charge on any atom is 0.119 e. The Morgan fingerprint density at radius 1 is 1.39 bits per heavy atom. The van der Waals surface area contributed by atoms with Crippen LogP contribution < -0.4 is 10.1 Å². The molecule has 0 saturated heterocycles. The van der Waals surface area contributed by atoms with E-state index in [-0.39, 0.29) is 0 Å². The van der Waals surface area contributed by atoms with E-state index in [0.717, 1.165) is 34.6 Å². The third-order valence-electron chi connectivity index (χ3n) is 2.64. The molecule has 0 aliphatic rings. The second kappa shape index (κ2) is 6.02. The topological polar surface area (TPSA) is 39.1 Å². The van der Waals surface area contributed by atoms with Crippen LogP contribution in [0.3, 0.4) is 0 Å². The quantitative estimate of drug-likeness (QED) is 0.922. The van der Waals surface area contributed by atoms with Gasteiger partial charge in [0.25, 0.3) is 0 Å². The molecule has 5 heteroatoms. The van der Waals surface area contributed by atoms with Crippen LogP contribution in [0.25, 0.3) is 0 Å². The molecule has 0 saturated carbocycles. The number of halogens is 1. The summed E-state index contributed by atoms with van der Waals surface area (Å²) in [6, 6.07) is 7.96. The van der Waals surface area contributed by atoms with Crippen LogP contribution in [0.15, 0.2) is 34.9 Å². The second-order valence-electron chi connectivity index (χ2n) is 3.99. The first-order valence-electron chi connectivity index (χ1n) is 5.72. The van der Waals surface area contributed by atoms with E-state index in [9.17, 15) is 0 Å². The third kappa shape index (κ3) is 3.11. The normalized spacial score (nSPS) is 10.6. The SMILES string of the molecule is CNCc1ccn(Cc2cc(OC)ccc2Br)n1. The molecule has 2 rings (SSSR count). The highest BCUT2D eigenvalue weighted by Crippen LogP contribution is 2.23. The van der Waals surface area contributed by atoms with E-state index < -0.39 is 0 Å². The first kappa shape index (κ1) is 13.1. The van der Waals surface area contributed by atoms with Crippen molar-refractivity contribution < 1.29 is 4.74 Å². The molecule has 0 atom stereocenters. The molecule has 0 fully saturated rings. The molecule has 0 amide bonds. The number of ether oxygens (including phenoxy) is 1. The van der Waals surface area contributed by atoms with E-state index in [0.29, 0.717) is 0 Å². The monoisotopic (exact) mass is 309 g/mol. The van der Waals surface area contributed by atoms with Gasteiger partial charge in [-0.2, -0.15) is 5.10 Å². The highest BCUT2D eigenvalue weighted by molar-refractivity contribution is 9.10. The van der Waals surface area contributed by atoms with Crippen LogP contribution in [0.4, 0.5) is 0 Å². The van der Waals surface area contributed by atoms with E-state index in [1.807, 2.05) is 42.2 Å². The highest BCUT2D eigenvalue weighted by Gasteiger charge is 2.04. The van der Waals surface area contributed by atoms with E-state index in [2.05, 4.69) is 26.3 Å². The molecule has 18 heavy (non-hydrogen) atoms. The fraction of sp³-hybridized carbons (Fsp3) is 0.308. The van der Waals surface area contributed by atoms with Crippen molar-refractivity contribution in [2.45, 2.75) is 13.1 Å². The molecule has 2 aromatic rings. The summed E-state index contributed by atoms with van der Waals surface area (Å²) in [6.07, 6.45) is 1.98. The maximum atomic E-state index is 5.23. The van der Waals surface area contributed by atoms with Gasteiger partial charge in [0.2, 0.25) is 0 Å². The van der Waals surface area contributed by atoms with Crippen LogP contribution in [-0.4, -0.2) is 23.9 Å². The minimum Gasteiger partial charge on any atom is -0.497 e. The molecule has 0 radical (unpaired) electrons. The molecule has 0 bridgehead atoms. The summed E-state index contributed by atoms with van der Waals surface area (Å²) < 4.78 is 8.22. The zero-order chi connectivity index (χ0) is 13.0. The van der Waals surface area contributed by atoms with E-state index in [4.69, 9.17) is 4.74 Å². The summed E-state index contributed by atoms with van der Waals surface area (Å²) in [5, 5.41) is 7.57. The predicted octanol–water partition coefficient (Wildman–Crippen LogP) is 2.42. The van der Waals surface area contributed by atoms with Crippen LogP contribution in [0.1, 0.15) is 11.3 Å². The van der Waals surface area contributed by atoms with Crippen molar-refractivity contribution >= 4 is 15.9 Å². The van der Waals surface area contributed by atoms with Gasteiger partial charge in [0.1, 0.15) is 5.75 Å². The lowest BCUT2D eigenvalue weighted by Gasteiger charge is -2.07. The fourth-order valence-corrected chi connectivity index (χ4v) is 2.11. The van der Waals surface area contributed by atoms with Gasteiger partial charge in [-0.3, -0.25) is 4.68 Å². The Hall–Kier alpha value is -1.33. The molecule has 0 aliphatic carbocycles. The Kier molecular flexibility index (Phi) is 4.38. The van der Waals surface area contributed by atoms with Gasteiger partial charge in [-0.05, 0) is 36.9 Å². The average molecular weight is 310 g/mol. The zero-order valence-electron chi connectivity index (χ0n) is 10.5. The Morgan fingerprint density at radius 2 is 2.22 bits per heavy atom. The molecule has 0 unspecified atom stereocenters. The van der Waals surface area contributed by atoms with Crippen LogP contribution in [0, 0.1) is 0 Å². The lowest BCUT2D eigenvalue weighted by atomic mass is 10.2. The average Bonchev–Trinajstić information content (AvgIpc) is 2.80. The molecular weight excluding hydrogens is 294 g/mol. The lowest BCUT2D eigenvalue weighted by molar-refractivity contribution is 0.414. The zero-order valence-corrected chi connectivity index (χ0v) is 12.1. The number of hydrogen-bond acceptors (Lipinski definition) is 3. The Labute approximate surface area is 115 Å². The molecule has 0 spiro atoms. The Morgan fingerprint density at radius 3 is 2.94 bits per heavy atom. The van der Waals surface area contributed by atoms with Crippen molar-refractivity contribution in [2.75, 3.05) is 14.2 Å². The van der Waals surface area contributed by atoms with Gasteiger partial charge in [-0.25, -0.2) is 0 Å². The summed E-state index contributed by atoms with van der Waals surface area (Å²) in [5.41, 5.74) is 2.19. The summed E-state index contributed by atoms with van der Waals surface area (Å²) >= 11 is 3.55. The smallest absolute Gasteiger partial charge is 0.119 e. The van der Waals surface area contributed by atoms with Crippen LogP contribution in [0.5, 0.6) is 5.75 Å². The van der Waals surface area contributed by atoms with Crippen molar-refractivity contribution in [1.82, 2.24) is 15.1 Å². The molecule has 1 aromatic carbocycles. The Bertz CT molecular complexity index is 525. The number of methoxy groups -OCH3 is 1. The summed E-state index contributed by atoms with van der Waals surface area (Å²) in [4.78, 5) is 0. The summed E-state index contributed by atoms with van der Waals surface area (Å²) in [7, 11) is 3.59. The van der Waals surface area contributed by atoms with E-state index >= 15 is 0 Å². The molecule has 0 aliphatic heterocycles. The second-order valence-corrected chi connectivity index (χ2v) is 4.85. The van der Waals surface area contributed by atoms with Gasteiger partial charge >= 0.3 is 0 Å². The molecule has 96 valence electrons. The molecule has 4 nitrogen and oxygen atoms in total. The number of hydrogen-bond donors (Lipinski definition) is 1. The minimum absolute atomic E-state index is 0.724. The predicted molar refractivity (Wildman–Crippen MR) is 74.8 cm³/mol. The van der Waals surface area contributed by atoms with Crippen molar-refractivity contribution in [1.29, 1.82) is 0 Å². The number of nitrogens with zero attached hydrogens (tertiary/aromatic N) is 2. The number of rotatable bonds is 5. The first-order chi connectivity index (χ1) is 8.72. The Balaban J connectivity index is 2.16. The lowest BCUT2D eigenvalue weighted by Crippen LogP contribution is -2.07. The third-order valence-corrected chi connectivity index (χ3v) is 3.41. The van der Waals surface area contributed by atoms with Crippen molar-refractivity contribution in [3.05, 3.63) is 46.2 Å². The fourth-order valence-electron chi connectivity index (χ4n) is 1.74. The van der Waals surface area contributed by atoms with Crippen LogP contribution in [-0.2, 0) is 13.1 Å². The minimum atomic E-state index is 0.724. The van der Waals surface area contributed by atoms with E-state index in [1.54, 1.807) is 7.11 Å². The highest BCUT2D eigenvalue weighted by atomic mass is 79.9. The molecule has 1 heterocycles. The first-order valence-corrected chi connectivity index (χ1v) is 6.51. The number of nitrogens with one attached hydrogen (secondary N) is 1. The van der Waals surface area contributed by atoms with Crippen LogP contribution >= 0.6 is 15.9 Å². The van der Waals surface area contributed by atoms with Gasteiger partial charge < -0.3 is 10.1 Å². The van der Waals surface area contributed by atoms with Crippen LogP contribution in [0.2, 0.25) is 0 Å². The maximum absolute atomic E-state index is 5.23. The molecule has 1 N–H and O–H groups in total. The van der Waals surface area contributed by atoms with Crippen molar-refractivity contribution in [2.24, 2.45) is 0 Å². The number of aromatic nitrogens is 2. The van der Waals surface area contributed by atoms with Gasteiger partial charge in [0, 0.05) is 17.2 Å².